The third-order valence-electron chi connectivity index (χ3n) is 1.52. The Bertz CT molecular complexity index is 230. The third kappa shape index (κ3) is 6.71. The lowest BCUT2D eigenvalue weighted by Crippen LogP contribution is -2.37. The molecule has 86 valence electrons. The Morgan fingerprint density at radius 2 is 2.07 bits per heavy atom. The number of rotatable bonds is 5. The summed E-state index contributed by atoms with van der Waals surface area (Å²) in [4.78, 5) is 23.3. The molecule has 0 rings (SSSR count). The first kappa shape index (κ1) is 13.7. The van der Waals surface area contributed by atoms with Crippen molar-refractivity contribution >= 4 is 12.4 Å². The summed E-state index contributed by atoms with van der Waals surface area (Å²) in [5, 5.41) is 0. The molecule has 0 bridgehead atoms. The van der Waals surface area contributed by atoms with Crippen LogP contribution in [0.4, 0.5) is 4.79 Å². The van der Waals surface area contributed by atoms with Gasteiger partial charge in [-0.05, 0) is 20.8 Å². The molecule has 0 heterocycles. The van der Waals surface area contributed by atoms with E-state index in [1.165, 1.54) is 4.90 Å². The van der Waals surface area contributed by atoms with Crippen molar-refractivity contribution in [3.63, 3.8) is 0 Å². The summed E-state index contributed by atoms with van der Waals surface area (Å²) in [5.41, 5.74) is -0.516. The SMILES string of the molecule is C=CCN(CCC=O)C(=O)OC(C)(C)C. The lowest BCUT2D eigenvalue weighted by molar-refractivity contribution is -0.108. The molecule has 0 N–H and O–H groups in total. The predicted octanol–water partition coefficient (Wildman–Crippen LogP) is 2.00. The first-order chi connectivity index (χ1) is 6.90. The van der Waals surface area contributed by atoms with Crippen LogP contribution in [0.5, 0.6) is 0 Å². The number of hydrogen-bond donors (Lipinski definition) is 0. The van der Waals surface area contributed by atoms with Gasteiger partial charge in [0.05, 0.1) is 0 Å². The molecule has 0 saturated carbocycles. The predicted molar refractivity (Wildman–Crippen MR) is 58.7 cm³/mol. The second kappa shape index (κ2) is 6.22. The Labute approximate surface area is 90.9 Å². The Balaban J connectivity index is 4.27. The smallest absolute Gasteiger partial charge is 0.410 e. The fourth-order valence-corrected chi connectivity index (χ4v) is 0.948. The fourth-order valence-electron chi connectivity index (χ4n) is 0.948. The van der Waals surface area contributed by atoms with Gasteiger partial charge in [0.1, 0.15) is 11.9 Å². The van der Waals surface area contributed by atoms with Gasteiger partial charge in [0.25, 0.3) is 0 Å². The molecular weight excluding hydrogens is 194 g/mol. The number of aldehydes is 1. The lowest BCUT2D eigenvalue weighted by Gasteiger charge is -2.26. The molecule has 0 aromatic rings. The molecule has 0 aromatic heterocycles. The maximum absolute atomic E-state index is 11.6. The number of hydrogen-bond acceptors (Lipinski definition) is 3. The molecule has 4 nitrogen and oxygen atoms in total. The fraction of sp³-hybridized carbons (Fsp3) is 0.636. The van der Waals surface area contributed by atoms with Gasteiger partial charge in [0, 0.05) is 19.5 Å². The van der Waals surface area contributed by atoms with E-state index in [4.69, 9.17) is 4.74 Å². The Morgan fingerprint density at radius 3 is 2.47 bits per heavy atom. The second-order valence-corrected chi connectivity index (χ2v) is 4.17. The van der Waals surface area contributed by atoms with Crippen LogP contribution in [0.3, 0.4) is 0 Å². The summed E-state index contributed by atoms with van der Waals surface area (Å²) in [6.07, 6.45) is 2.28. The molecule has 0 aliphatic heterocycles. The van der Waals surface area contributed by atoms with Gasteiger partial charge in [-0.2, -0.15) is 0 Å². The normalized spacial score (nSPS) is 10.6. The van der Waals surface area contributed by atoms with Crippen LogP contribution in [0.2, 0.25) is 0 Å². The number of ether oxygens (including phenoxy) is 1. The molecule has 0 atom stereocenters. The topological polar surface area (TPSA) is 46.6 Å². The van der Waals surface area contributed by atoms with Gasteiger partial charge in [0.15, 0.2) is 0 Å². The Hall–Kier alpha value is -1.32. The highest BCUT2D eigenvalue weighted by Crippen LogP contribution is 2.09. The van der Waals surface area contributed by atoms with E-state index in [0.717, 1.165) is 6.29 Å². The lowest BCUT2D eigenvalue weighted by atomic mass is 10.2. The quantitative estimate of drug-likeness (QED) is 0.518. The van der Waals surface area contributed by atoms with Gasteiger partial charge in [0.2, 0.25) is 0 Å². The standard InChI is InChI=1S/C11H19NO3/c1-5-7-12(8-6-9-13)10(14)15-11(2,3)4/h5,9H,1,6-8H2,2-4H3. The van der Waals surface area contributed by atoms with E-state index >= 15 is 0 Å². The average Bonchev–Trinajstić information content (AvgIpc) is 2.09. The largest absolute Gasteiger partial charge is 0.444 e. The summed E-state index contributed by atoms with van der Waals surface area (Å²) in [6.45, 7) is 9.71. The van der Waals surface area contributed by atoms with Crippen molar-refractivity contribution < 1.29 is 14.3 Å². The molecule has 0 fully saturated rings. The highest BCUT2D eigenvalue weighted by molar-refractivity contribution is 5.68. The highest BCUT2D eigenvalue weighted by Gasteiger charge is 2.20. The van der Waals surface area contributed by atoms with Crippen LogP contribution in [-0.2, 0) is 9.53 Å². The van der Waals surface area contributed by atoms with E-state index in [9.17, 15) is 9.59 Å². The van der Waals surface area contributed by atoms with Crippen LogP contribution in [0, 0.1) is 0 Å². The van der Waals surface area contributed by atoms with E-state index in [2.05, 4.69) is 6.58 Å². The van der Waals surface area contributed by atoms with Crippen molar-refractivity contribution in [1.82, 2.24) is 4.90 Å². The number of amides is 1. The Kier molecular flexibility index (Phi) is 5.67. The van der Waals surface area contributed by atoms with Crippen molar-refractivity contribution in [2.75, 3.05) is 13.1 Å². The zero-order valence-electron chi connectivity index (χ0n) is 9.66. The number of carbonyl (C=O) groups is 2. The van der Waals surface area contributed by atoms with Crippen LogP contribution < -0.4 is 0 Å². The van der Waals surface area contributed by atoms with E-state index in [1.807, 2.05) is 0 Å². The molecule has 0 unspecified atom stereocenters. The van der Waals surface area contributed by atoms with Crippen molar-refractivity contribution in [1.29, 1.82) is 0 Å². The first-order valence-electron chi connectivity index (χ1n) is 4.93. The van der Waals surface area contributed by atoms with Gasteiger partial charge in [-0.25, -0.2) is 4.79 Å². The molecule has 0 radical (unpaired) electrons. The van der Waals surface area contributed by atoms with Gasteiger partial charge < -0.3 is 14.4 Å². The third-order valence-corrected chi connectivity index (χ3v) is 1.52. The molecule has 0 aliphatic carbocycles. The van der Waals surface area contributed by atoms with Crippen LogP contribution in [0.15, 0.2) is 12.7 Å². The maximum Gasteiger partial charge on any atom is 0.410 e. The number of carbonyl (C=O) groups excluding carboxylic acids is 2. The molecule has 0 aliphatic rings. The Morgan fingerprint density at radius 1 is 1.47 bits per heavy atom. The van der Waals surface area contributed by atoms with Crippen molar-refractivity contribution in [2.45, 2.75) is 32.8 Å². The zero-order chi connectivity index (χ0) is 11.9. The van der Waals surface area contributed by atoms with Crippen molar-refractivity contribution in [2.24, 2.45) is 0 Å². The van der Waals surface area contributed by atoms with Gasteiger partial charge in [-0.1, -0.05) is 6.08 Å². The van der Waals surface area contributed by atoms with Crippen LogP contribution >= 0.6 is 0 Å². The molecule has 0 spiro atoms. The molecule has 15 heavy (non-hydrogen) atoms. The van der Waals surface area contributed by atoms with Crippen LogP contribution in [-0.4, -0.2) is 36.0 Å². The second-order valence-electron chi connectivity index (χ2n) is 4.17. The van der Waals surface area contributed by atoms with Crippen LogP contribution in [0.25, 0.3) is 0 Å². The van der Waals surface area contributed by atoms with Crippen LogP contribution in [0.1, 0.15) is 27.2 Å². The van der Waals surface area contributed by atoms with E-state index in [0.29, 0.717) is 19.5 Å². The average molecular weight is 213 g/mol. The molecule has 0 saturated heterocycles. The summed E-state index contributed by atoms with van der Waals surface area (Å²) in [7, 11) is 0. The maximum atomic E-state index is 11.6. The van der Waals surface area contributed by atoms with E-state index in [1.54, 1.807) is 26.8 Å². The molecule has 4 heteroatoms. The summed E-state index contributed by atoms with van der Waals surface area (Å²) in [6, 6.07) is 0. The van der Waals surface area contributed by atoms with Gasteiger partial charge >= 0.3 is 6.09 Å². The van der Waals surface area contributed by atoms with Gasteiger partial charge in [-0.3, -0.25) is 0 Å². The zero-order valence-corrected chi connectivity index (χ0v) is 9.66. The molecule has 1 amide bonds. The molecule has 0 aromatic carbocycles. The summed E-state index contributed by atoms with van der Waals surface area (Å²) in [5.74, 6) is 0. The summed E-state index contributed by atoms with van der Waals surface area (Å²) >= 11 is 0. The van der Waals surface area contributed by atoms with E-state index < -0.39 is 11.7 Å². The minimum absolute atomic E-state index is 0.313. The van der Waals surface area contributed by atoms with Gasteiger partial charge in [-0.15, -0.1) is 6.58 Å². The molecular formula is C11H19NO3. The van der Waals surface area contributed by atoms with Crippen molar-refractivity contribution in [3.8, 4) is 0 Å². The van der Waals surface area contributed by atoms with Crippen molar-refractivity contribution in [3.05, 3.63) is 12.7 Å². The monoisotopic (exact) mass is 213 g/mol. The minimum Gasteiger partial charge on any atom is -0.444 e. The number of nitrogens with zero attached hydrogens (tertiary/aromatic N) is 1. The van der Waals surface area contributed by atoms with E-state index in [-0.39, 0.29) is 0 Å². The highest BCUT2D eigenvalue weighted by atomic mass is 16.6. The minimum atomic E-state index is -0.516. The summed E-state index contributed by atoms with van der Waals surface area (Å²) < 4.78 is 5.17. The first-order valence-corrected chi connectivity index (χ1v) is 4.93.